The number of aromatic nitrogens is 4. The normalized spacial score (nSPS) is 18.1. The summed E-state index contributed by atoms with van der Waals surface area (Å²) in [6, 6.07) is 3.75. The van der Waals surface area contributed by atoms with Crippen LogP contribution in [0.5, 0.6) is 0 Å². The van der Waals surface area contributed by atoms with Crippen molar-refractivity contribution in [3.8, 4) is 0 Å². The number of Topliss-reactive ketones (excluding diaryl/α,β-unsaturated/α-hetero) is 1. The van der Waals surface area contributed by atoms with Gasteiger partial charge in [-0.1, -0.05) is 11.8 Å². The summed E-state index contributed by atoms with van der Waals surface area (Å²) in [7, 11) is 0. The van der Waals surface area contributed by atoms with Crippen molar-refractivity contribution in [2.24, 2.45) is 0 Å². The Hall–Kier alpha value is -2.15. The van der Waals surface area contributed by atoms with Crippen molar-refractivity contribution < 1.29 is 9.21 Å². The van der Waals surface area contributed by atoms with E-state index in [-0.39, 0.29) is 11.7 Å². The van der Waals surface area contributed by atoms with Crippen molar-refractivity contribution in [3.63, 3.8) is 0 Å². The number of furan rings is 1. The molecule has 1 unspecified atom stereocenters. The van der Waals surface area contributed by atoms with Crippen LogP contribution in [-0.2, 0) is 6.42 Å². The highest BCUT2D eigenvalue weighted by molar-refractivity contribution is 7.98. The van der Waals surface area contributed by atoms with E-state index in [1.807, 2.05) is 18.4 Å². The lowest BCUT2D eigenvalue weighted by atomic mass is 9.85. The standard InChI is InChI=1S/C14H12N4O2S/c1-21-14-16-13-15-10-5-8(12-3-2-4-20-12)6-11(19)9(10)7-18(13)17-14/h2-4,7-8H,5-6H2,1H3. The van der Waals surface area contributed by atoms with Crippen LogP contribution in [0.15, 0.2) is 34.2 Å². The van der Waals surface area contributed by atoms with E-state index in [2.05, 4.69) is 15.1 Å². The maximum Gasteiger partial charge on any atom is 0.253 e. The number of thioether (sulfide) groups is 1. The van der Waals surface area contributed by atoms with Crippen molar-refractivity contribution in [1.29, 1.82) is 0 Å². The first-order valence-electron chi connectivity index (χ1n) is 6.61. The van der Waals surface area contributed by atoms with Crippen molar-refractivity contribution in [3.05, 3.63) is 41.6 Å². The Kier molecular flexibility index (Phi) is 2.81. The van der Waals surface area contributed by atoms with Gasteiger partial charge in [0.2, 0.25) is 5.16 Å². The third-order valence-electron chi connectivity index (χ3n) is 3.69. The molecule has 0 saturated carbocycles. The highest BCUT2D eigenvalue weighted by atomic mass is 32.2. The minimum Gasteiger partial charge on any atom is -0.469 e. The number of carbonyl (C=O) groups excluding carboxylic acids is 1. The Bertz CT molecular complexity index is 825. The zero-order valence-electron chi connectivity index (χ0n) is 11.3. The zero-order chi connectivity index (χ0) is 14.4. The van der Waals surface area contributed by atoms with Crippen LogP contribution in [0.1, 0.15) is 34.2 Å². The second-order valence-corrected chi connectivity index (χ2v) is 5.76. The summed E-state index contributed by atoms with van der Waals surface area (Å²) in [5, 5.41) is 4.93. The van der Waals surface area contributed by atoms with Gasteiger partial charge < -0.3 is 4.42 Å². The molecule has 4 rings (SSSR count). The van der Waals surface area contributed by atoms with E-state index in [0.717, 1.165) is 11.5 Å². The second-order valence-electron chi connectivity index (χ2n) is 4.99. The maximum atomic E-state index is 12.4. The molecule has 3 aromatic rings. The SMILES string of the molecule is CSc1nc2nc3c(cn2n1)C(=O)CC(c1ccco1)C3. The molecule has 0 aromatic carbocycles. The van der Waals surface area contributed by atoms with E-state index in [0.29, 0.717) is 29.3 Å². The van der Waals surface area contributed by atoms with Gasteiger partial charge in [-0.05, 0) is 18.4 Å². The number of nitrogens with zero attached hydrogens (tertiary/aromatic N) is 4. The molecule has 1 atom stereocenters. The molecular weight excluding hydrogens is 288 g/mol. The Labute approximate surface area is 124 Å². The van der Waals surface area contributed by atoms with Gasteiger partial charge in [0.15, 0.2) is 5.78 Å². The Balaban J connectivity index is 1.80. The lowest BCUT2D eigenvalue weighted by Gasteiger charge is -2.20. The van der Waals surface area contributed by atoms with Crippen LogP contribution in [0.25, 0.3) is 5.78 Å². The van der Waals surface area contributed by atoms with E-state index in [1.54, 1.807) is 17.0 Å². The van der Waals surface area contributed by atoms with Gasteiger partial charge in [0.1, 0.15) is 5.76 Å². The van der Waals surface area contributed by atoms with Gasteiger partial charge in [0.05, 0.1) is 17.5 Å². The van der Waals surface area contributed by atoms with Gasteiger partial charge in [0.25, 0.3) is 5.78 Å². The van der Waals surface area contributed by atoms with Gasteiger partial charge in [0, 0.05) is 25.0 Å². The largest absolute Gasteiger partial charge is 0.469 e. The molecule has 1 aliphatic carbocycles. The number of fused-ring (bicyclic) bond motifs is 2. The summed E-state index contributed by atoms with van der Waals surface area (Å²) in [6.07, 6.45) is 6.41. The summed E-state index contributed by atoms with van der Waals surface area (Å²) < 4.78 is 7.01. The molecule has 0 bridgehead atoms. The molecule has 3 heterocycles. The van der Waals surface area contributed by atoms with E-state index in [9.17, 15) is 4.79 Å². The third kappa shape index (κ3) is 2.04. The zero-order valence-corrected chi connectivity index (χ0v) is 12.1. The molecule has 0 amide bonds. The molecule has 0 fully saturated rings. The first kappa shape index (κ1) is 12.6. The van der Waals surface area contributed by atoms with Crippen molar-refractivity contribution in [2.75, 3.05) is 6.26 Å². The van der Waals surface area contributed by atoms with Crippen LogP contribution in [0.4, 0.5) is 0 Å². The highest BCUT2D eigenvalue weighted by Crippen LogP contribution is 2.32. The van der Waals surface area contributed by atoms with Crippen LogP contribution >= 0.6 is 11.8 Å². The molecule has 1 aliphatic rings. The molecule has 3 aromatic heterocycles. The fourth-order valence-electron chi connectivity index (χ4n) is 2.68. The molecule has 21 heavy (non-hydrogen) atoms. The van der Waals surface area contributed by atoms with Crippen molar-refractivity contribution >= 4 is 23.3 Å². The topological polar surface area (TPSA) is 73.3 Å². The van der Waals surface area contributed by atoms with Crippen LogP contribution in [0.3, 0.4) is 0 Å². The van der Waals surface area contributed by atoms with Gasteiger partial charge in [-0.25, -0.2) is 9.50 Å². The molecule has 6 nitrogen and oxygen atoms in total. The quantitative estimate of drug-likeness (QED) is 0.676. The lowest BCUT2D eigenvalue weighted by Crippen LogP contribution is -2.21. The van der Waals surface area contributed by atoms with Gasteiger partial charge in [-0.15, -0.1) is 5.10 Å². The summed E-state index contributed by atoms with van der Waals surface area (Å²) in [6.45, 7) is 0. The fraction of sp³-hybridized carbons (Fsp3) is 0.286. The first-order valence-corrected chi connectivity index (χ1v) is 7.84. The van der Waals surface area contributed by atoms with Crippen LogP contribution in [-0.4, -0.2) is 31.6 Å². The number of ketones is 1. The van der Waals surface area contributed by atoms with Crippen molar-refractivity contribution in [1.82, 2.24) is 19.6 Å². The molecule has 0 saturated heterocycles. The van der Waals surface area contributed by atoms with E-state index >= 15 is 0 Å². The summed E-state index contributed by atoms with van der Waals surface area (Å²) >= 11 is 1.45. The van der Waals surface area contributed by atoms with E-state index < -0.39 is 0 Å². The van der Waals surface area contributed by atoms with Crippen LogP contribution in [0.2, 0.25) is 0 Å². The van der Waals surface area contributed by atoms with Gasteiger partial charge in [-0.3, -0.25) is 4.79 Å². The smallest absolute Gasteiger partial charge is 0.253 e. The van der Waals surface area contributed by atoms with E-state index in [4.69, 9.17) is 4.42 Å². The van der Waals surface area contributed by atoms with Crippen LogP contribution in [0, 0.1) is 0 Å². The number of hydrogen-bond donors (Lipinski definition) is 0. The summed E-state index contributed by atoms with van der Waals surface area (Å²) in [5.41, 5.74) is 1.42. The molecular formula is C14H12N4O2S. The molecule has 7 heteroatoms. The van der Waals surface area contributed by atoms with Crippen molar-refractivity contribution in [2.45, 2.75) is 23.9 Å². The fourth-order valence-corrected chi connectivity index (χ4v) is 3.02. The molecule has 0 spiro atoms. The number of rotatable bonds is 2. The Morgan fingerprint density at radius 2 is 2.29 bits per heavy atom. The molecule has 0 aliphatic heterocycles. The molecule has 0 N–H and O–H groups in total. The van der Waals surface area contributed by atoms with Gasteiger partial charge >= 0.3 is 0 Å². The first-order chi connectivity index (χ1) is 10.2. The predicted molar refractivity (Wildman–Crippen MR) is 76.7 cm³/mol. The third-order valence-corrected chi connectivity index (χ3v) is 4.23. The number of hydrogen-bond acceptors (Lipinski definition) is 6. The molecule has 0 radical (unpaired) electrons. The maximum absolute atomic E-state index is 12.4. The van der Waals surface area contributed by atoms with E-state index in [1.165, 1.54) is 11.8 Å². The molecule has 106 valence electrons. The Morgan fingerprint density at radius 3 is 3.05 bits per heavy atom. The minimum atomic E-state index is 0.0536. The van der Waals surface area contributed by atoms with Crippen LogP contribution < -0.4 is 0 Å². The summed E-state index contributed by atoms with van der Waals surface area (Å²) in [4.78, 5) is 21.2. The Morgan fingerprint density at radius 1 is 1.38 bits per heavy atom. The van der Waals surface area contributed by atoms with Gasteiger partial charge in [-0.2, -0.15) is 4.98 Å². The lowest BCUT2D eigenvalue weighted by molar-refractivity contribution is 0.0958. The second kappa shape index (κ2) is 4.70. The summed E-state index contributed by atoms with van der Waals surface area (Å²) in [5.74, 6) is 1.50. The average Bonchev–Trinajstić information content (AvgIpc) is 3.14. The number of carbonyl (C=O) groups is 1. The predicted octanol–water partition coefficient (Wildman–Crippen LogP) is 2.35. The monoisotopic (exact) mass is 300 g/mol. The average molecular weight is 300 g/mol. The highest BCUT2D eigenvalue weighted by Gasteiger charge is 2.29. The minimum absolute atomic E-state index is 0.0536.